The number of hydrogen-bond donors (Lipinski definition) is 0. The highest BCUT2D eigenvalue weighted by atomic mass is 16.1. The highest BCUT2D eigenvalue weighted by Crippen LogP contribution is 1.91. The molecule has 1 rings (SSSR count). The molecule has 0 amide bonds. The maximum atomic E-state index is 11.3. The van der Waals surface area contributed by atoms with E-state index in [0.717, 1.165) is 5.69 Å². The van der Waals surface area contributed by atoms with Crippen LogP contribution in [0.4, 0.5) is 0 Å². The summed E-state index contributed by atoms with van der Waals surface area (Å²) in [4.78, 5) is 15.3. The monoisotopic (exact) mass is 152 g/mol. The molecule has 60 valence electrons. The summed E-state index contributed by atoms with van der Waals surface area (Å²) in [5, 5.41) is 0. The third kappa shape index (κ3) is 1.31. The van der Waals surface area contributed by atoms with E-state index in [2.05, 4.69) is 4.98 Å². The molecule has 0 aliphatic carbocycles. The van der Waals surface area contributed by atoms with E-state index in [1.165, 1.54) is 0 Å². The molecule has 1 aromatic rings. The van der Waals surface area contributed by atoms with E-state index in [1.807, 2.05) is 13.8 Å². The molecule has 0 radical (unpaired) electrons. The van der Waals surface area contributed by atoms with Crippen LogP contribution in [0.25, 0.3) is 0 Å². The molecule has 0 saturated carbocycles. The molecule has 0 aliphatic rings. The molecule has 1 aromatic heterocycles. The number of nitrogens with zero attached hydrogens (tertiary/aromatic N) is 2. The van der Waals surface area contributed by atoms with Crippen molar-refractivity contribution in [2.75, 3.05) is 0 Å². The third-order valence-corrected chi connectivity index (χ3v) is 1.74. The lowest BCUT2D eigenvalue weighted by atomic mass is 10.4. The van der Waals surface area contributed by atoms with Crippen molar-refractivity contribution < 1.29 is 0 Å². The Hall–Kier alpha value is -1.12. The number of aromatic nitrogens is 2. The molecule has 0 bridgehead atoms. The summed E-state index contributed by atoms with van der Waals surface area (Å²) in [6.07, 6.45) is 1.72. The minimum atomic E-state index is 0.0208. The Morgan fingerprint density at radius 2 is 2.18 bits per heavy atom. The predicted octanol–water partition coefficient (Wildman–Crippen LogP) is 0.880. The van der Waals surface area contributed by atoms with Gasteiger partial charge in [0, 0.05) is 18.4 Å². The van der Waals surface area contributed by atoms with Crippen molar-refractivity contribution >= 4 is 0 Å². The second kappa shape index (κ2) is 2.86. The van der Waals surface area contributed by atoms with E-state index in [-0.39, 0.29) is 5.56 Å². The van der Waals surface area contributed by atoms with E-state index in [4.69, 9.17) is 0 Å². The van der Waals surface area contributed by atoms with Crippen molar-refractivity contribution in [3.8, 4) is 0 Å². The molecule has 0 aromatic carbocycles. The molecular formula is C8H12N2O. The van der Waals surface area contributed by atoms with E-state index in [1.54, 1.807) is 17.7 Å². The summed E-state index contributed by atoms with van der Waals surface area (Å²) in [6.45, 7) is 6.28. The standard InChI is InChI=1S/C8H12N2O/c1-4-10-6(2)5-9-7(3)8(10)11/h5H,4H2,1-3H3. The van der Waals surface area contributed by atoms with Gasteiger partial charge in [-0.15, -0.1) is 0 Å². The topological polar surface area (TPSA) is 34.9 Å². The first-order valence-electron chi connectivity index (χ1n) is 3.70. The normalized spacial score (nSPS) is 10.1. The fraction of sp³-hybridized carbons (Fsp3) is 0.500. The minimum absolute atomic E-state index is 0.0208. The lowest BCUT2D eigenvalue weighted by Crippen LogP contribution is -2.24. The van der Waals surface area contributed by atoms with Crippen molar-refractivity contribution in [2.24, 2.45) is 0 Å². The average molecular weight is 152 g/mol. The number of hydrogen-bond acceptors (Lipinski definition) is 2. The molecule has 3 heteroatoms. The molecule has 11 heavy (non-hydrogen) atoms. The van der Waals surface area contributed by atoms with Crippen molar-refractivity contribution in [2.45, 2.75) is 27.3 Å². The predicted molar refractivity (Wildman–Crippen MR) is 43.6 cm³/mol. The van der Waals surface area contributed by atoms with Gasteiger partial charge < -0.3 is 4.57 Å². The quantitative estimate of drug-likeness (QED) is 0.598. The van der Waals surface area contributed by atoms with Gasteiger partial charge in [0.1, 0.15) is 5.69 Å². The fourth-order valence-electron chi connectivity index (χ4n) is 1.06. The Morgan fingerprint density at radius 3 is 2.64 bits per heavy atom. The zero-order valence-corrected chi connectivity index (χ0v) is 7.09. The van der Waals surface area contributed by atoms with Gasteiger partial charge >= 0.3 is 0 Å². The van der Waals surface area contributed by atoms with Crippen molar-refractivity contribution in [1.29, 1.82) is 0 Å². The lowest BCUT2D eigenvalue weighted by Gasteiger charge is -2.05. The Labute approximate surface area is 65.7 Å². The second-order valence-electron chi connectivity index (χ2n) is 2.53. The summed E-state index contributed by atoms with van der Waals surface area (Å²) >= 11 is 0. The van der Waals surface area contributed by atoms with Gasteiger partial charge in [0.15, 0.2) is 0 Å². The van der Waals surface area contributed by atoms with Crippen LogP contribution in [0.3, 0.4) is 0 Å². The maximum Gasteiger partial charge on any atom is 0.272 e. The van der Waals surface area contributed by atoms with Crippen LogP contribution < -0.4 is 5.56 Å². The molecule has 0 unspecified atom stereocenters. The second-order valence-corrected chi connectivity index (χ2v) is 2.53. The molecule has 1 heterocycles. The van der Waals surface area contributed by atoms with Gasteiger partial charge in [-0.05, 0) is 20.8 Å². The van der Waals surface area contributed by atoms with Crippen LogP contribution in [0, 0.1) is 13.8 Å². The highest BCUT2D eigenvalue weighted by Gasteiger charge is 2.00. The molecule has 3 nitrogen and oxygen atoms in total. The van der Waals surface area contributed by atoms with Gasteiger partial charge in [-0.3, -0.25) is 9.78 Å². The van der Waals surface area contributed by atoms with Gasteiger partial charge in [0.25, 0.3) is 5.56 Å². The van der Waals surface area contributed by atoms with E-state index >= 15 is 0 Å². The lowest BCUT2D eigenvalue weighted by molar-refractivity contribution is 0.682. The van der Waals surface area contributed by atoms with E-state index < -0.39 is 0 Å². The molecule has 0 saturated heterocycles. The molecule has 0 aliphatic heterocycles. The Bertz CT molecular complexity index is 314. The first-order chi connectivity index (χ1) is 5.16. The van der Waals surface area contributed by atoms with Crippen LogP contribution in [-0.2, 0) is 6.54 Å². The van der Waals surface area contributed by atoms with Crippen molar-refractivity contribution in [1.82, 2.24) is 9.55 Å². The summed E-state index contributed by atoms with van der Waals surface area (Å²) in [6, 6.07) is 0. The number of aryl methyl sites for hydroxylation is 2. The summed E-state index contributed by atoms with van der Waals surface area (Å²) in [5.41, 5.74) is 1.51. The van der Waals surface area contributed by atoms with Gasteiger partial charge in [-0.2, -0.15) is 0 Å². The van der Waals surface area contributed by atoms with Crippen LogP contribution in [0.15, 0.2) is 11.0 Å². The molecular weight excluding hydrogens is 140 g/mol. The number of rotatable bonds is 1. The summed E-state index contributed by atoms with van der Waals surface area (Å²) < 4.78 is 1.71. The van der Waals surface area contributed by atoms with Crippen LogP contribution in [0.2, 0.25) is 0 Å². The molecule has 0 atom stereocenters. The van der Waals surface area contributed by atoms with Gasteiger partial charge in [-0.25, -0.2) is 0 Å². The average Bonchev–Trinajstić information content (AvgIpc) is 1.99. The molecule has 0 N–H and O–H groups in total. The summed E-state index contributed by atoms with van der Waals surface area (Å²) in [5.74, 6) is 0. The molecule has 0 spiro atoms. The first-order valence-corrected chi connectivity index (χ1v) is 3.70. The summed E-state index contributed by atoms with van der Waals surface area (Å²) in [7, 11) is 0. The Balaban J connectivity index is 3.41. The van der Waals surface area contributed by atoms with Gasteiger partial charge in [0.05, 0.1) is 0 Å². The SMILES string of the molecule is CCn1c(C)cnc(C)c1=O. The largest absolute Gasteiger partial charge is 0.310 e. The third-order valence-electron chi connectivity index (χ3n) is 1.74. The van der Waals surface area contributed by atoms with Gasteiger partial charge in [0.2, 0.25) is 0 Å². The fourth-order valence-corrected chi connectivity index (χ4v) is 1.06. The van der Waals surface area contributed by atoms with Crippen molar-refractivity contribution in [3.63, 3.8) is 0 Å². The van der Waals surface area contributed by atoms with Crippen LogP contribution in [0.5, 0.6) is 0 Å². The van der Waals surface area contributed by atoms with E-state index in [0.29, 0.717) is 12.2 Å². The smallest absolute Gasteiger partial charge is 0.272 e. The van der Waals surface area contributed by atoms with Crippen LogP contribution >= 0.6 is 0 Å². The maximum absolute atomic E-state index is 11.3. The zero-order chi connectivity index (χ0) is 8.43. The highest BCUT2D eigenvalue weighted by molar-refractivity contribution is 5.02. The van der Waals surface area contributed by atoms with Crippen molar-refractivity contribution in [3.05, 3.63) is 27.9 Å². The molecule has 0 fully saturated rings. The minimum Gasteiger partial charge on any atom is -0.310 e. The zero-order valence-electron chi connectivity index (χ0n) is 7.09. The van der Waals surface area contributed by atoms with Crippen LogP contribution in [0.1, 0.15) is 18.3 Å². The Kier molecular flexibility index (Phi) is 2.08. The Morgan fingerprint density at radius 1 is 1.55 bits per heavy atom. The first kappa shape index (κ1) is 7.98. The van der Waals surface area contributed by atoms with E-state index in [9.17, 15) is 4.79 Å². The van der Waals surface area contributed by atoms with Gasteiger partial charge in [-0.1, -0.05) is 0 Å². The van der Waals surface area contributed by atoms with Crippen LogP contribution in [-0.4, -0.2) is 9.55 Å².